The molecule has 14 heavy (non-hydrogen) atoms. The first-order valence-electron chi connectivity index (χ1n) is 4.44. The minimum atomic E-state index is -0.819. The summed E-state index contributed by atoms with van der Waals surface area (Å²) in [5.74, 6) is 1.22. The van der Waals surface area contributed by atoms with Gasteiger partial charge in [-0.3, -0.25) is 4.21 Å². The van der Waals surface area contributed by atoms with E-state index in [2.05, 4.69) is 5.73 Å². The number of quaternary nitrogens is 1. The molecule has 0 saturated heterocycles. The van der Waals surface area contributed by atoms with Gasteiger partial charge in [0.05, 0.1) is 5.75 Å². The van der Waals surface area contributed by atoms with Gasteiger partial charge in [0.1, 0.15) is 5.70 Å². The Morgan fingerprint density at radius 1 is 1.57 bits per heavy atom. The van der Waals surface area contributed by atoms with Crippen LogP contribution in [0.4, 0.5) is 0 Å². The number of nitrogens with zero attached hydrogens (tertiary/aromatic N) is 1. The van der Waals surface area contributed by atoms with E-state index in [1.165, 1.54) is 0 Å². The quantitative estimate of drug-likeness (QED) is 0.513. The van der Waals surface area contributed by atoms with Gasteiger partial charge >= 0.3 is 0 Å². The summed E-state index contributed by atoms with van der Waals surface area (Å²) in [7, 11) is 3.12. The van der Waals surface area contributed by atoms with Crippen molar-refractivity contribution in [2.75, 3.05) is 32.1 Å². The Morgan fingerprint density at radius 2 is 2.14 bits per heavy atom. The molecule has 0 radical (unpaired) electrons. The van der Waals surface area contributed by atoms with Crippen molar-refractivity contribution in [1.29, 1.82) is 0 Å². The Balaban J connectivity index is 3.88. The molecular weight excluding hydrogens is 216 g/mol. The van der Waals surface area contributed by atoms with E-state index in [1.54, 1.807) is 0 Å². The minimum Gasteiger partial charge on any atom is -0.328 e. The molecule has 0 aliphatic carbocycles. The molecule has 0 heterocycles. The van der Waals surface area contributed by atoms with Crippen molar-refractivity contribution in [3.63, 3.8) is 0 Å². The van der Waals surface area contributed by atoms with Crippen LogP contribution in [0.15, 0.2) is 11.8 Å². The first kappa shape index (κ1) is 13.9. The third-order valence-corrected chi connectivity index (χ3v) is 2.97. The van der Waals surface area contributed by atoms with Crippen LogP contribution in [-0.4, -0.2) is 46.1 Å². The van der Waals surface area contributed by atoms with E-state index < -0.39 is 10.8 Å². The highest BCUT2D eigenvalue weighted by molar-refractivity contribution is 7.85. The molecular formula is C9H19N2OS2+. The normalized spacial score (nSPS) is 14.5. The van der Waals surface area contributed by atoms with Gasteiger partial charge in [0.2, 0.25) is 0 Å². The molecule has 0 amide bonds. The SMILES string of the molecule is CC(=S)/C=C(\[NH3+])CS(=O)CCN(C)C. The van der Waals surface area contributed by atoms with Crippen LogP contribution in [0, 0.1) is 0 Å². The molecule has 0 fully saturated rings. The molecule has 0 aliphatic rings. The number of allylic oxidation sites excluding steroid dienone is 1. The molecule has 0 bridgehead atoms. The Morgan fingerprint density at radius 3 is 2.57 bits per heavy atom. The zero-order valence-corrected chi connectivity index (χ0v) is 10.7. The fourth-order valence-electron chi connectivity index (χ4n) is 0.892. The van der Waals surface area contributed by atoms with Crippen LogP contribution in [0.5, 0.6) is 0 Å². The van der Waals surface area contributed by atoms with E-state index >= 15 is 0 Å². The number of hydrogen-bond acceptors (Lipinski definition) is 3. The minimum absolute atomic E-state index is 0.530. The average molecular weight is 235 g/mol. The molecule has 0 rings (SSSR count). The molecule has 1 atom stereocenters. The van der Waals surface area contributed by atoms with Crippen LogP contribution >= 0.6 is 12.2 Å². The predicted molar refractivity (Wildman–Crippen MR) is 65.7 cm³/mol. The van der Waals surface area contributed by atoms with Crippen molar-refractivity contribution < 1.29 is 9.94 Å². The fraction of sp³-hybridized carbons (Fsp3) is 0.667. The number of rotatable bonds is 6. The van der Waals surface area contributed by atoms with E-state index in [0.717, 1.165) is 17.1 Å². The fourth-order valence-corrected chi connectivity index (χ4v) is 2.27. The van der Waals surface area contributed by atoms with Gasteiger partial charge in [-0.25, -0.2) is 0 Å². The standard InChI is InChI=1S/C9H18N2OS2/c1-8(13)6-9(10)7-14(12)5-4-11(2)3/h6H,4-5,7,10H2,1-3H3/p+1/b9-6-. The zero-order valence-electron chi connectivity index (χ0n) is 9.08. The summed E-state index contributed by atoms with van der Waals surface area (Å²) in [6.07, 6.45) is 1.81. The molecule has 0 aromatic heterocycles. The Kier molecular flexibility index (Phi) is 7.17. The topological polar surface area (TPSA) is 48.0 Å². The van der Waals surface area contributed by atoms with Crippen LogP contribution < -0.4 is 5.73 Å². The summed E-state index contributed by atoms with van der Waals surface area (Å²) >= 11 is 4.91. The van der Waals surface area contributed by atoms with Crippen molar-refractivity contribution in [2.45, 2.75) is 6.92 Å². The molecule has 0 spiro atoms. The van der Waals surface area contributed by atoms with Crippen molar-refractivity contribution in [2.24, 2.45) is 0 Å². The van der Waals surface area contributed by atoms with Gasteiger partial charge < -0.3 is 10.6 Å². The summed E-state index contributed by atoms with van der Waals surface area (Å²) < 4.78 is 11.5. The Bertz CT molecular complexity index is 249. The average Bonchev–Trinajstić information content (AvgIpc) is 1.98. The van der Waals surface area contributed by atoms with Crippen molar-refractivity contribution >= 4 is 27.9 Å². The lowest BCUT2D eigenvalue weighted by Crippen LogP contribution is -2.50. The van der Waals surface area contributed by atoms with E-state index in [0.29, 0.717) is 11.5 Å². The van der Waals surface area contributed by atoms with Crippen molar-refractivity contribution in [3.8, 4) is 0 Å². The van der Waals surface area contributed by atoms with Gasteiger partial charge in [0, 0.05) is 34.0 Å². The lowest BCUT2D eigenvalue weighted by Gasteiger charge is -2.07. The van der Waals surface area contributed by atoms with Gasteiger partial charge in [-0.15, -0.1) is 0 Å². The van der Waals surface area contributed by atoms with Crippen molar-refractivity contribution in [3.05, 3.63) is 11.8 Å². The molecule has 82 valence electrons. The summed E-state index contributed by atoms with van der Waals surface area (Å²) in [4.78, 5) is 2.81. The maximum Gasteiger partial charge on any atom is 0.118 e. The number of thiocarbonyl (C=S) groups is 1. The van der Waals surface area contributed by atoms with Gasteiger partial charge in [-0.2, -0.15) is 0 Å². The highest BCUT2D eigenvalue weighted by Crippen LogP contribution is 1.91. The summed E-state index contributed by atoms with van der Waals surface area (Å²) in [6, 6.07) is 0. The van der Waals surface area contributed by atoms with Crippen molar-refractivity contribution in [1.82, 2.24) is 4.90 Å². The van der Waals surface area contributed by atoms with Gasteiger partial charge in [0.25, 0.3) is 0 Å². The Hall–Kier alpha value is -0.100. The second kappa shape index (κ2) is 7.23. The lowest BCUT2D eigenvalue weighted by molar-refractivity contribution is -0.300. The lowest BCUT2D eigenvalue weighted by atomic mass is 10.4. The van der Waals surface area contributed by atoms with Gasteiger partial charge in [-0.1, -0.05) is 12.2 Å². The van der Waals surface area contributed by atoms with Crippen LogP contribution in [0.25, 0.3) is 0 Å². The third-order valence-electron chi connectivity index (χ3n) is 1.52. The third kappa shape index (κ3) is 8.50. The van der Waals surface area contributed by atoms with Crippen LogP contribution in [0.1, 0.15) is 6.92 Å². The highest BCUT2D eigenvalue weighted by Gasteiger charge is 2.04. The van der Waals surface area contributed by atoms with Crippen LogP contribution in [0.2, 0.25) is 0 Å². The molecule has 0 aromatic rings. The number of hydrogen-bond donors (Lipinski definition) is 1. The monoisotopic (exact) mass is 235 g/mol. The summed E-state index contributed by atoms with van der Waals surface area (Å²) in [5, 5.41) is 0. The van der Waals surface area contributed by atoms with E-state index in [1.807, 2.05) is 32.0 Å². The second-order valence-corrected chi connectivity index (χ2v) is 5.73. The maximum absolute atomic E-state index is 11.5. The molecule has 0 aliphatic heterocycles. The van der Waals surface area contributed by atoms with Gasteiger partial charge in [0.15, 0.2) is 0 Å². The van der Waals surface area contributed by atoms with E-state index in [9.17, 15) is 4.21 Å². The van der Waals surface area contributed by atoms with Crippen LogP contribution in [-0.2, 0) is 10.8 Å². The molecule has 3 nitrogen and oxygen atoms in total. The largest absolute Gasteiger partial charge is 0.328 e. The maximum atomic E-state index is 11.5. The van der Waals surface area contributed by atoms with Crippen LogP contribution in [0.3, 0.4) is 0 Å². The smallest absolute Gasteiger partial charge is 0.118 e. The molecule has 0 saturated carbocycles. The molecule has 0 aromatic carbocycles. The Labute approximate surface area is 93.8 Å². The molecule has 1 unspecified atom stereocenters. The summed E-state index contributed by atoms with van der Waals surface area (Å²) in [6.45, 7) is 2.68. The highest BCUT2D eigenvalue weighted by atomic mass is 32.2. The first-order chi connectivity index (χ1) is 6.41. The second-order valence-electron chi connectivity index (χ2n) is 3.50. The van der Waals surface area contributed by atoms with Gasteiger partial charge in [-0.05, 0) is 21.0 Å². The van der Waals surface area contributed by atoms with E-state index in [4.69, 9.17) is 12.2 Å². The predicted octanol–water partition coefficient (Wildman–Crippen LogP) is -0.188. The zero-order chi connectivity index (χ0) is 11.1. The first-order valence-corrected chi connectivity index (χ1v) is 6.34. The molecule has 5 heteroatoms. The van der Waals surface area contributed by atoms with E-state index in [-0.39, 0.29) is 0 Å². The summed E-state index contributed by atoms with van der Waals surface area (Å²) in [5.41, 5.74) is 4.67. The molecule has 3 N–H and O–H groups in total.